The zero-order valence-electron chi connectivity index (χ0n) is 15.6. The summed E-state index contributed by atoms with van der Waals surface area (Å²) in [4.78, 5) is 2.27. The lowest BCUT2D eigenvalue weighted by molar-refractivity contribution is 0.226. The Morgan fingerprint density at radius 1 is 1.05 bits per heavy atom. The fourth-order valence-electron chi connectivity index (χ4n) is 2.95. The van der Waals surface area contributed by atoms with Crippen LogP contribution in [0, 0.1) is 18.7 Å². The first-order valence-corrected chi connectivity index (χ1v) is 9.08. The molecule has 0 radical (unpaired) electrons. The summed E-state index contributed by atoms with van der Waals surface area (Å²) < 4.78 is 13.8. The molecule has 1 aliphatic carbocycles. The van der Waals surface area contributed by atoms with Gasteiger partial charge in [0, 0.05) is 18.7 Å². The average Bonchev–Trinajstić information content (AvgIpc) is 2.55. The second kappa shape index (κ2) is 12.6. The van der Waals surface area contributed by atoms with E-state index in [1.165, 1.54) is 32.1 Å². The van der Waals surface area contributed by atoms with E-state index in [1.807, 2.05) is 46.8 Å². The lowest BCUT2D eigenvalue weighted by Crippen LogP contribution is -2.27. The fourth-order valence-corrected chi connectivity index (χ4v) is 2.95. The molecule has 0 amide bonds. The Morgan fingerprint density at radius 3 is 2.18 bits per heavy atom. The second-order valence-corrected chi connectivity index (χ2v) is 5.80. The van der Waals surface area contributed by atoms with Crippen LogP contribution in [-0.2, 0) is 6.54 Å². The summed E-state index contributed by atoms with van der Waals surface area (Å²) in [6.45, 7) is 11.8. The Balaban J connectivity index is 0.00000102. The van der Waals surface area contributed by atoms with Gasteiger partial charge in [0.25, 0.3) is 0 Å². The number of rotatable bonds is 4. The summed E-state index contributed by atoms with van der Waals surface area (Å²) >= 11 is 0. The van der Waals surface area contributed by atoms with Crippen LogP contribution in [0.1, 0.15) is 70.9 Å². The second-order valence-electron chi connectivity index (χ2n) is 5.80. The first-order chi connectivity index (χ1) is 10.6. The highest BCUT2D eigenvalue weighted by atomic mass is 19.1. The lowest BCUT2D eigenvalue weighted by atomic mass is 9.89. The predicted octanol–water partition coefficient (Wildman–Crippen LogP) is 6.20. The molecule has 2 rings (SSSR count). The average molecular weight is 310 g/mol. The van der Waals surface area contributed by atoms with Crippen molar-refractivity contribution >= 4 is 0 Å². The normalized spacial score (nSPS) is 14.7. The van der Waals surface area contributed by atoms with Crippen LogP contribution in [0.15, 0.2) is 18.2 Å². The summed E-state index contributed by atoms with van der Waals surface area (Å²) in [5, 5.41) is 0. The van der Waals surface area contributed by atoms with Crippen LogP contribution in [0.4, 0.5) is 4.39 Å². The number of halogens is 1. The van der Waals surface area contributed by atoms with Gasteiger partial charge in [-0.05, 0) is 44.4 Å². The molecule has 22 heavy (non-hydrogen) atoms. The van der Waals surface area contributed by atoms with Gasteiger partial charge in [0.2, 0.25) is 0 Å². The zero-order valence-corrected chi connectivity index (χ0v) is 15.6. The van der Waals surface area contributed by atoms with Crippen molar-refractivity contribution in [3.63, 3.8) is 0 Å². The molecule has 1 nitrogen and oxygen atoms in total. The quantitative estimate of drug-likeness (QED) is 0.640. The molecule has 1 saturated carbocycles. The standard InChI is InChI=1S/C16H24FN.2C2H6/c1-13-8-9-15(16(17)10-13)12-18(2)11-14-6-4-3-5-7-14;2*1-2/h8-10,14H,3-7,11-12H2,1-2H3;2*1-2H3. The van der Waals surface area contributed by atoms with Crippen molar-refractivity contribution in [3.8, 4) is 0 Å². The molecule has 2 heteroatoms. The van der Waals surface area contributed by atoms with Crippen LogP contribution in [0.3, 0.4) is 0 Å². The first-order valence-electron chi connectivity index (χ1n) is 9.08. The van der Waals surface area contributed by atoms with E-state index in [1.54, 1.807) is 6.07 Å². The molecule has 0 bridgehead atoms. The van der Waals surface area contributed by atoms with E-state index in [9.17, 15) is 4.39 Å². The van der Waals surface area contributed by atoms with Crippen molar-refractivity contribution < 1.29 is 4.39 Å². The van der Waals surface area contributed by atoms with Crippen molar-refractivity contribution in [3.05, 3.63) is 35.1 Å². The molecule has 0 spiro atoms. The zero-order chi connectivity index (χ0) is 17.0. The highest BCUT2D eigenvalue weighted by Gasteiger charge is 2.16. The molecule has 1 fully saturated rings. The van der Waals surface area contributed by atoms with Crippen molar-refractivity contribution in [2.24, 2.45) is 5.92 Å². The van der Waals surface area contributed by atoms with Crippen LogP contribution >= 0.6 is 0 Å². The number of aryl methyl sites for hydroxylation is 1. The van der Waals surface area contributed by atoms with E-state index >= 15 is 0 Å². The molecule has 0 saturated heterocycles. The van der Waals surface area contributed by atoms with Crippen molar-refractivity contribution in [2.45, 2.75) is 73.3 Å². The third-order valence-corrected chi connectivity index (χ3v) is 3.94. The molecule has 0 atom stereocenters. The maximum Gasteiger partial charge on any atom is 0.127 e. The van der Waals surface area contributed by atoms with E-state index in [-0.39, 0.29) is 5.82 Å². The fraction of sp³-hybridized carbons (Fsp3) is 0.700. The molecule has 0 aliphatic heterocycles. The van der Waals surface area contributed by atoms with Crippen LogP contribution < -0.4 is 0 Å². The van der Waals surface area contributed by atoms with E-state index in [0.29, 0.717) is 0 Å². The number of hydrogen-bond acceptors (Lipinski definition) is 1. The number of hydrogen-bond donors (Lipinski definition) is 0. The third-order valence-electron chi connectivity index (χ3n) is 3.94. The minimum absolute atomic E-state index is 0.0644. The van der Waals surface area contributed by atoms with Crippen LogP contribution in [-0.4, -0.2) is 18.5 Å². The molecule has 0 aromatic heterocycles. The molecule has 1 aliphatic rings. The van der Waals surface area contributed by atoms with Gasteiger partial charge in [-0.3, -0.25) is 0 Å². The molecule has 0 heterocycles. The van der Waals surface area contributed by atoms with Gasteiger partial charge in [0.1, 0.15) is 5.82 Å². The molecule has 1 aromatic carbocycles. The first kappa shape index (κ1) is 21.1. The highest BCUT2D eigenvalue weighted by Crippen LogP contribution is 2.24. The van der Waals surface area contributed by atoms with Gasteiger partial charge in [-0.15, -0.1) is 0 Å². The molecular formula is C20H36FN. The molecular weight excluding hydrogens is 273 g/mol. The minimum Gasteiger partial charge on any atom is -0.302 e. The van der Waals surface area contributed by atoms with E-state index < -0.39 is 0 Å². The topological polar surface area (TPSA) is 3.24 Å². The van der Waals surface area contributed by atoms with Gasteiger partial charge in [-0.2, -0.15) is 0 Å². The van der Waals surface area contributed by atoms with Crippen LogP contribution in [0.25, 0.3) is 0 Å². The van der Waals surface area contributed by atoms with Gasteiger partial charge < -0.3 is 4.90 Å². The largest absolute Gasteiger partial charge is 0.302 e. The Morgan fingerprint density at radius 2 is 1.64 bits per heavy atom. The summed E-state index contributed by atoms with van der Waals surface area (Å²) in [5.74, 6) is 0.753. The van der Waals surface area contributed by atoms with Gasteiger partial charge >= 0.3 is 0 Å². The van der Waals surface area contributed by atoms with E-state index in [2.05, 4.69) is 11.9 Å². The van der Waals surface area contributed by atoms with E-state index in [0.717, 1.165) is 30.1 Å². The molecule has 1 aromatic rings. The van der Waals surface area contributed by atoms with Gasteiger partial charge in [-0.1, -0.05) is 59.1 Å². The summed E-state index contributed by atoms with van der Waals surface area (Å²) in [6.07, 6.45) is 6.84. The maximum atomic E-state index is 13.8. The Kier molecular flexibility index (Phi) is 12.1. The molecule has 0 unspecified atom stereocenters. The Bertz CT molecular complexity index is 383. The minimum atomic E-state index is -0.0644. The predicted molar refractivity (Wildman–Crippen MR) is 96.7 cm³/mol. The summed E-state index contributed by atoms with van der Waals surface area (Å²) in [5.41, 5.74) is 1.81. The maximum absolute atomic E-state index is 13.8. The Labute approximate surface area is 137 Å². The third kappa shape index (κ3) is 7.93. The summed E-state index contributed by atoms with van der Waals surface area (Å²) in [7, 11) is 2.11. The Hall–Kier alpha value is -0.890. The highest BCUT2D eigenvalue weighted by molar-refractivity contribution is 5.23. The summed E-state index contributed by atoms with van der Waals surface area (Å²) in [6, 6.07) is 5.54. The SMILES string of the molecule is CC.CC.Cc1ccc(CN(C)CC2CCCCC2)c(F)c1. The monoisotopic (exact) mass is 309 g/mol. The van der Waals surface area contributed by atoms with Crippen LogP contribution in [0.5, 0.6) is 0 Å². The van der Waals surface area contributed by atoms with Gasteiger partial charge in [0.15, 0.2) is 0 Å². The van der Waals surface area contributed by atoms with Crippen molar-refractivity contribution in [1.82, 2.24) is 4.90 Å². The van der Waals surface area contributed by atoms with Crippen LogP contribution in [0.2, 0.25) is 0 Å². The van der Waals surface area contributed by atoms with Crippen molar-refractivity contribution in [1.29, 1.82) is 0 Å². The number of nitrogens with zero attached hydrogens (tertiary/aromatic N) is 1. The smallest absolute Gasteiger partial charge is 0.127 e. The van der Waals surface area contributed by atoms with E-state index in [4.69, 9.17) is 0 Å². The molecule has 0 N–H and O–H groups in total. The lowest BCUT2D eigenvalue weighted by Gasteiger charge is -2.27. The number of benzene rings is 1. The van der Waals surface area contributed by atoms with Gasteiger partial charge in [0.05, 0.1) is 0 Å². The molecule has 128 valence electrons. The van der Waals surface area contributed by atoms with Gasteiger partial charge in [-0.25, -0.2) is 4.39 Å². The van der Waals surface area contributed by atoms with Crippen molar-refractivity contribution in [2.75, 3.05) is 13.6 Å².